The lowest BCUT2D eigenvalue weighted by Gasteiger charge is -2.20. The van der Waals surface area contributed by atoms with Crippen LogP contribution < -0.4 is 0 Å². The van der Waals surface area contributed by atoms with E-state index in [9.17, 15) is 4.79 Å². The Morgan fingerprint density at radius 3 is 2.57 bits per heavy atom. The maximum atomic E-state index is 11.4. The van der Waals surface area contributed by atoms with E-state index in [1.54, 1.807) is 0 Å². The van der Waals surface area contributed by atoms with Gasteiger partial charge in [-0.3, -0.25) is 4.79 Å². The average molecular weight is 199 g/mol. The minimum atomic E-state index is -0.0428. The van der Waals surface area contributed by atoms with Crippen LogP contribution in [-0.4, -0.2) is 37.6 Å². The highest BCUT2D eigenvalue weighted by molar-refractivity contribution is 5.72. The van der Waals surface area contributed by atoms with E-state index < -0.39 is 0 Å². The number of nitrogens with zero attached hydrogens (tertiary/aromatic N) is 1. The van der Waals surface area contributed by atoms with E-state index in [0.29, 0.717) is 0 Å². The van der Waals surface area contributed by atoms with Gasteiger partial charge in [-0.1, -0.05) is 13.3 Å². The van der Waals surface area contributed by atoms with Crippen molar-refractivity contribution < 1.29 is 9.53 Å². The summed E-state index contributed by atoms with van der Waals surface area (Å²) in [5.41, 5.74) is 0. The van der Waals surface area contributed by atoms with E-state index >= 15 is 0 Å². The molecule has 1 heterocycles. The molecule has 0 amide bonds. The van der Waals surface area contributed by atoms with E-state index in [1.165, 1.54) is 20.0 Å². The molecule has 1 fully saturated rings. The second kappa shape index (κ2) is 6.02. The molecule has 14 heavy (non-hydrogen) atoms. The Kier molecular flexibility index (Phi) is 4.94. The minimum Gasteiger partial charge on any atom is -0.469 e. The molecule has 82 valence electrons. The summed E-state index contributed by atoms with van der Waals surface area (Å²) in [6.45, 7) is 5.30. The third kappa shape index (κ3) is 3.29. The summed E-state index contributed by atoms with van der Waals surface area (Å²) in [5, 5.41) is 0. The van der Waals surface area contributed by atoms with Crippen molar-refractivity contribution in [3.05, 3.63) is 0 Å². The highest BCUT2D eigenvalue weighted by Gasteiger charge is 2.22. The number of methoxy groups -OCH3 is 1. The first-order valence-corrected chi connectivity index (χ1v) is 5.58. The molecule has 0 aliphatic carbocycles. The lowest BCUT2D eigenvalue weighted by atomic mass is 10.0. The van der Waals surface area contributed by atoms with Crippen LogP contribution in [0.2, 0.25) is 0 Å². The Balaban J connectivity index is 2.37. The Labute approximate surface area is 86.4 Å². The largest absolute Gasteiger partial charge is 0.469 e. The predicted molar refractivity (Wildman–Crippen MR) is 56.1 cm³/mol. The molecule has 0 spiro atoms. The van der Waals surface area contributed by atoms with Gasteiger partial charge < -0.3 is 9.64 Å². The molecule has 0 bridgehead atoms. The van der Waals surface area contributed by atoms with E-state index in [-0.39, 0.29) is 11.9 Å². The first kappa shape index (κ1) is 11.5. The molecule has 0 aromatic heterocycles. The topological polar surface area (TPSA) is 29.5 Å². The number of esters is 1. The Bertz CT molecular complexity index is 176. The van der Waals surface area contributed by atoms with E-state index in [2.05, 4.69) is 11.8 Å². The monoisotopic (exact) mass is 199 g/mol. The molecule has 0 saturated carbocycles. The molecule has 1 aliphatic rings. The Morgan fingerprint density at radius 1 is 1.43 bits per heavy atom. The van der Waals surface area contributed by atoms with Crippen molar-refractivity contribution in [2.45, 2.75) is 32.6 Å². The Morgan fingerprint density at radius 2 is 2.07 bits per heavy atom. The van der Waals surface area contributed by atoms with Gasteiger partial charge in [0.05, 0.1) is 13.0 Å². The number of carbonyl (C=O) groups excluding carboxylic acids is 1. The highest BCUT2D eigenvalue weighted by Crippen LogP contribution is 2.15. The van der Waals surface area contributed by atoms with Crippen molar-refractivity contribution >= 4 is 5.97 Å². The summed E-state index contributed by atoms with van der Waals surface area (Å²) in [7, 11) is 1.48. The highest BCUT2D eigenvalue weighted by atomic mass is 16.5. The lowest BCUT2D eigenvalue weighted by Crippen LogP contribution is -2.31. The number of rotatable bonds is 5. The fraction of sp³-hybridized carbons (Fsp3) is 0.909. The van der Waals surface area contributed by atoms with E-state index in [1.807, 2.05) is 0 Å². The zero-order chi connectivity index (χ0) is 10.4. The van der Waals surface area contributed by atoms with Crippen LogP contribution in [0.15, 0.2) is 0 Å². The molecule has 0 aromatic rings. The van der Waals surface area contributed by atoms with Gasteiger partial charge in [0, 0.05) is 6.54 Å². The van der Waals surface area contributed by atoms with Crippen molar-refractivity contribution in [2.75, 3.05) is 26.7 Å². The second-order valence-electron chi connectivity index (χ2n) is 4.02. The molecule has 1 saturated heterocycles. The summed E-state index contributed by atoms with van der Waals surface area (Å²) in [6, 6.07) is 0. The van der Waals surface area contributed by atoms with Crippen LogP contribution in [0.25, 0.3) is 0 Å². The first-order valence-electron chi connectivity index (χ1n) is 5.58. The van der Waals surface area contributed by atoms with Crippen molar-refractivity contribution in [1.82, 2.24) is 4.90 Å². The van der Waals surface area contributed by atoms with Crippen molar-refractivity contribution in [3.63, 3.8) is 0 Å². The number of hydrogen-bond acceptors (Lipinski definition) is 3. The number of likely N-dealkylation sites (tertiary alicyclic amines) is 1. The van der Waals surface area contributed by atoms with Crippen molar-refractivity contribution in [2.24, 2.45) is 5.92 Å². The standard InChI is InChI=1S/C11H21NO2/c1-3-6-10(11(13)14-2)9-12-7-4-5-8-12/h10H,3-9H2,1-2H3. The summed E-state index contributed by atoms with van der Waals surface area (Å²) < 4.78 is 4.81. The van der Waals surface area contributed by atoms with Gasteiger partial charge in [-0.25, -0.2) is 0 Å². The Hall–Kier alpha value is -0.570. The van der Waals surface area contributed by atoms with Crippen LogP contribution in [0, 0.1) is 5.92 Å². The van der Waals surface area contributed by atoms with Gasteiger partial charge in [-0.15, -0.1) is 0 Å². The SMILES string of the molecule is CCCC(CN1CCCC1)C(=O)OC. The van der Waals surface area contributed by atoms with E-state index in [0.717, 1.165) is 32.5 Å². The van der Waals surface area contributed by atoms with Crippen LogP contribution in [0.1, 0.15) is 32.6 Å². The predicted octanol–water partition coefficient (Wildman–Crippen LogP) is 1.67. The molecule has 0 aromatic carbocycles. The fourth-order valence-corrected chi connectivity index (χ4v) is 2.08. The number of hydrogen-bond donors (Lipinski definition) is 0. The van der Waals surface area contributed by atoms with Crippen molar-refractivity contribution in [3.8, 4) is 0 Å². The van der Waals surface area contributed by atoms with Crippen LogP contribution in [-0.2, 0) is 9.53 Å². The van der Waals surface area contributed by atoms with Crippen LogP contribution in [0.3, 0.4) is 0 Å². The number of ether oxygens (including phenoxy) is 1. The molecule has 0 N–H and O–H groups in total. The van der Waals surface area contributed by atoms with Gasteiger partial charge in [0.25, 0.3) is 0 Å². The molecular formula is C11H21NO2. The van der Waals surface area contributed by atoms with Gasteiger partial charge in [0.2, 0.25) is 0 Å². The second-order valence-corrected chi connectivity index (χ2v) is 4.02. The van der Waals surface area contributed by atoms with Gasteiger partial charge >= 0.3 is 5.97 Å². The summed E-state index contributed by atoms with van der Waals surface area (Å²) >= 11 is 0. The quantitative estimate of drug-likeness (QED) is 0.631. The molecule has 0 radical (unpaired) electrons. The molecule has 1 unspecified atom stereocenters. The van der Waals surface area contributed by atoms with Gasteiger partial charge in [-0.05, 0) is 32.4 Å². The maximum Gasteiger partial charge on any atom is 0.309 e. The zero-order valence-corrected chi connectivity index (χ0v) is 9.29. The fourth-order valence-electron chi connectivity index (χ4n) is 2.08. The lowest BCUT2D eigenvalue weighted by molar-refractivity contribution is -0.146. The third-order valence-electron chi connectivity index (χ3n) is 2.85. The van der Waals surface area contributed by atoms with Crippen LogP contribution in [0.4, 0.5) is 0 Å². The number of carbonyl (C=O) groups is 1. The van der Waals surface area contributed by atoms with Gasteiger partial charge in [0.15, 0.2) is 0 Å². The molecule has 1 rings (SSSR count). The van der Waals surface area contributed by atoms with Gasteiger partial charge in [-0.2, -0.15) is 0 Å². The summed E-state index contributed by atoms with van der Waals surface area (Å²) in [6.07, 6.45) is 4.55. The maximum absolute atomic E-state index is 11.4. The first-order chi connectivity index (χ1) is 6.77. The molecular weight excluding hydrogens is 178 g/mol. The third-order valence-corrected chi connectivity index (χ3v) is 2.85. The average Bonchev–Trinajstić information content (AvgIpc) is 2.68. The molecule has 3 nitrogen and oxygen atoms in total. The van der Waals surface area contributed by atoms with Crippen LogP contribution >= 0.6 is 0 Å². The molecule has 1 aliphatic heterocycles. The van der Waals surface area contributed by atoms with Crippen molar-refractivity contribution in [1.29, 1.82) is 0 Å². The van der Waals surface area contributed by atoms with Gasteiger partial charge in [0.1, 0.15) is 0 Å². The minimum absolute atomic E-state index is 0.0428. The summed E-state index contributed by atoms with van der Waals surface area (Å²) in [4.78, 5) is 13.8. The summed E-state index contributed by atoms with van der Waals surface area (Å²) in [5.74, 6) is 0.0434. The zero-order valence-electron chi connectivity index (χ0n) is 9.29. The van der Waals surface area contributed by atoms with E-state index in [4.69, 9.17) is 4.74 Å². The molecule has 1 atom stereocenters. The normalized spacial score (nSPS) is 19.6. The molecule has 3 heteroatoms. The smallest absolute Gasteiger partial charge is 0.309 e. The van der Waals surface area contributed by atoms with Crippen LogP contribution in [0.5, 0.6) is 0 Å².